The largest absolute Gasteiger partial charge is 0.479 e. The highest BCUT2D eigenvalue weighted by atomic mass is 16.5. The summed E-state index contributed by atoms with van der Waals surface area (Å²) in [6.45, 7) is 0.428. The zero-order valence-electron chi connectivity index (χ0n) is 12.1. The summed E-state index contributed by atoms with van der Waals surface area (Å²) in [5, 5.41) is 2.83. The molecule has 0 saturated carbocycles. The van der Waals surface area contributed by atoms with Crippen LogP contribution in [0.15, 0.2) is 54.6 Å². The first kappa shape index (κ1) is 14.0. The molecule has 110 valence electrons. The van der Waals surface area contributed by atoms with E-state index in [1.165, 1.54) is 7.11 Å². The molecule has 0 aliphatic heterocycles. The van der Waals surface area contributed by atoms with Crippen LogP contribution in [0.4, 0.5) is 0 Å². The van der Waals surface area contributed by atoms with Gasteiger partial charge in [-0.3, -0.25) is 4.79 Å². The quantitative estimate of drug-likeness (QED) is 0.803. The van der Waals surface area contributed by atoms with E-state index >= 15 is 0 Å². The summed E-state index contributed by atoms with van der Waals surface area (Å²) in [5.41, 5.74) is 2.56. The number of amides is 1. The zero-order valence-corrected chi connectivity index (χ0v) is 12.1. The van der Waals surface area contributed by atoms with Gasteiger partial charge in [0.05, 0.1) is 18.1 Å². The normalized spacial score (nSPS) is 10.4. The van der Waals surface area contributed by atoms with Gasteiger partial charge in [0.15, 0.2) is 5.69 Å². The number of carbonyl (C=O) groups excluding carboxylic acids is 1. The molecule has 2 aromatic carbocycles. The van der Waals surface area contributed by atoms with Gasteiger partial charge in [0.1, 0.15) is 0 Å². The number of hydrogen-bond donors (Lipinski definition) is 1. The van der Waals surface area contributed by atoms with Crippen molar-refractivity contribution in [3.63, 3.8) is 0 Å². The van der Waals surface area contributed by atoms with Gasteiger partial charge in [-0.15, -0.1) is 0 Å². The van der Waals surface area contributed by atoms with E-state index in [-0.39, 0.29) is 17.5 Å². The predicted octanol–water partition coefficient (Wildman–Crippen LogP) is 2.57. The molecule has 0 atom stereocenters. The van der Waals surface area contributed by atoms with Crippen LogP contribution in [0.3, 0.4) is 0 Å². The molecule has 1 amide bonds. The summed E-state index contributed by atoms with van der Waals surface area (Å²) in [6, 6.07) is 17.1. The molecule has 5 nitrogen and oxygen atoms in total. The number of methoxy groups -OCH3 is 1. The molecule has 0 spiro atoms. The molecule has 0 unspecified atom stereocenters. The summed E-state index contributed by atoms with van der Waals surface area (Å²) in [6.07, 6.45) is 0. The monoisotopic (exact) mass is 293 g/mol. The van der Waals surface area contributed by atoms with Crippen LogP contribution in [0.25, 0.3) is 11.0 Å². The predicted molar refractivity (Wildman–Crippen MR) is 83.7 cm³/mol. The van der Waals surface area contributed by atoms with Crippen LogP contribution < -0.4 is 10.1 Å². The molecular formula is C17H15N3O2. The molecular weight excluding hydrogens is 278 g/mol. The van der Waals surface area contributed by atoms with Gasteiger partial charge >= 0.3 is 0 Å². The molecule has 0 bridgehead atoms. The zero-order chi connectivity index (χ0) is 15.4. The number of ether oxygens (including phenoxy) is 1. The highest BCUT2D eigenvalue weighted by Gasteiger charge is 2.16. The minimum atomic E-state index is -0.307. The molecule has 0 aliphatic rings. The van der Waals surface area contributed by atoms with Crippen molar-refractivity contribution in [3.8, 4) is 5.88 Å². The van der Waals surface area contributed by atoms with Gasteiger partial charge in [0.25, 0.3) is 5.91 Å². The molecule has 3 rings (SSSR count). The van der Waals surface area contributed by atoms with Crippen LogP contribution in [0, 0.1) is 0 Å². The second-order valence-corrected chi connectivity index (χ2v) is 4.74. The fourth-order valence-corrected chi connectivity index (χ4v) is 2.14. The van der Waals surface area contributed by atoms with Gasteiger partial charge in [0.2, 0.25) is 5.88 Å². The Bertz CT molecular complexity index is 803. The summed E-state index contributed by atoms with van der Waals surface area (Å²) in [7, 11) is 1.48. The van der Waals surface area contributed by atoms with Gasteiger partial charge in [-0.1, -0.05) is 42.5 Å². The van der Waals surface area contributed by atoms with Crippen LogP contribution in [0.5, 0.6) is 5.88 Å². The van der Waals surface area contributed by atoms with Crippen LogP contribution in [0.2, 0.25) is 0 Å². The maximum atomic E-state index is 12.3. The fraction of sp³-hybridized carbons (Fsp3) is 0.118. The van der Waals surface area contributed by atoms with E-state index in [4.69, 9.17) is 4.74 Å². The number of nitrogens with zero attached hydrogens (tertiary/aromatic N) is 2. The molecule has 3 aromatic rings. The van der Waals surface area contributed by atoms with Gasteiger partial charge < -0.3 is 10.1 Å². The molecule has 0 radical (unpaired) electrons. The van der Waals surface area contributed by atoms with Gasteiger partial charge in [0, 0.05) is 6.54 Å². The van der Waals surface area contributed by atoms with E-state index in [1.807, 2.05) is 54.6 Å². The van der Waals surface area contributed by atoms with Crippen molar-refractivity contribution in [1.82, 2.24) is 15.3 Å². The fourth-order valence-electron chi connectivity index (χ4n) is 2.14. The first-order chi connectivity index (χ1) is 10.8. The van der Waals surface area contributed by atoms with E-state index in [0.717, 1.165) is 5.56 Å². The lowest BCUT2D eigenvalue weighted by Crippen LogP contribution is -2.24. The standard InChI is InChI=1S/C17H15N3O2/c1-22-17-15(19-13-9-5-6-10-14(13)20-17)16(21)18-11-12-7-3-2-4-8-12/h2-10H,11H2,1H3,(H,18,21). The van der Waals surface area contributed by atoms with Crippen molar-refractivity contribution in [3.05, 3.63) is 65.9 Å². The third kappa shape index (κ3) is 2.88. The van der Waals surface area contributed by atoms with Gasteiger partial charge in [-0.05, 0) is 17.7 Å². The number of fused-ring (bicyclic) bond motifs is 1. The molecule has 0 fully saturated rings. The first-order valence-electron chi connectivity index (χ1n) is 6.91. The molecule has 5 heteroatoms. The smallest absolute Gasteiger partial charge is 0.275 e. The Balaban J connectivity index is 1.86. The van der Waals surface area contributed by atoms with Crippen molar-refractivity contribution < 1.29 is 9.53 Å². The summed E-state index contributed by atoms with van der Waals surface area (Å²) in [5.74, 6) is -0.0804. The molecule has 22 heavy (non-hydrogen) atoms. The molecule has 1 aromatic heterocycles. The van der Waals surface area contributed by atoms with E-state index in [9.17, 15) is 4.79 Å². The second-order valence-electron chi connectivity index (χ2n) is 4.74. The van der Waals surface area contributed by atoms with Crippen LogP contribution in [-0.4, -0.2) is 23.0 Å². The highest BCUT2D eigenvalue weighted by molar-refractivity contribution is 5.96. The number of aromatic nitrogens is 2. The Kier molecular flexibility index (Phi) is 3.96. The highest BCUT2D eigenvalue weighted by Crippen LogP contribution is 2.18. The van der Waals surface area contributed by atoms with Crippen LogP contribution in [0.1, 0.15) is 16.1 Å². The van der Waals surface area contributed by atoms with Gasteiger partial charge in [-0.25, -0.2) is 9.97 Å². The van der Waals surface area contributed by atoms with Crippen molar-refractivity contribution in [2.24, 2.45) is 0 Å². The van der Waals surface area contributed by atoms with Crippen molar-refractivity contribution in [2.45, 2.75) is 6.54 Å². The Morgan fingerprint density at radius 1 is 1.00 bits per heavy atom. The average molecular weight is 293 g/mol. The van der Waals surface area contributed by atoms with Gasteiger partial charge in [-0.2, -0.15) is 0 Å². The number of rotatable bonds is 4. The van der Waals surface area contributed by atoms with Crippen molar-refractivity contribution >= 4 is 16.9 Å². The first-order valence-corrected chi connectivity index (χ1v) is 6.91. The van der Waals surface area contributed by atoms with E-state index < -0.39 is 0 Å². The second kappa shape index (κ2) is 6.22. The maximum absolute atomic E-state index is 12.3. The lowest BCUT2D eigenvalue weighted by atomic mass is 10.2. The average Bonchev–Trinajstić information content (AvgIpc) is 2.59. The number of nitrogens with one attached hydrogen (secondary N) is 1. The minimum absolute atomic E-state index is 0.192. The van der Waals surface area contributed by atoms with Crippen LogP contribution in [-0.2, 0) is 6.54 Å². The molecule has 0 aliphatic carbocycles. The molecule has 1 heterocycles. The lowest BCUT2D eigenvalue weighted by molar-refractivity contribution is 0.0942. The van der Waals surface area contributed by atoms with E-state index in [0.29, 0.717) is 17.6 Å². The van der Waals surface area contributed by atoms with Crippen molar-refractivity contribution in [2.75, 3.05) is 7.11 Å². The topological polar surface area (TPSA) is 64.1 Å². The Morgan fingerprint density at radius 2 is 1.64 bits per heavy atom. The number of para-hydroxylation sites is 2. The Labute approximate surface area is 128 Å². The third-order valence-corrected chi connectivity index (χ3v) is 3.24. The number of hydrogen-bond acceptors (Lipinski definition) is 4. The Hall–Kier alpha value is -2.95. The molecule has 0 saturated heterocycles. The number of carbonyl (C=O) groups is 1. The van der Waals surface area contributed by atoms with E-state index in [2.05, 4.69) is 15.3 Å². The minimum Gasteiger partial charge on any atom is -0.479 e. The van der Waals surface area contributed by atoms with Crippen LogP contribution >= 0.6 is 0 Å². The summed E-state index contributed by atoms with van der Waals surface area (Å²) < 4.78 is 5.19. The lowest BCUT2D eigenvalue weighted by Gasteiger charge is -2.09. The maximum Gasteiger partial charge on any atom is 0.275 e. The number of benzene rings is 2. The summed E-state index contributed by atoms with van der Waals surface area (Å²) in [4.78, 5) is 21.0. The molecule has 1 N–H and O–H groups in total. The third-order valence-electron chi connectivity index (χ3n) is 3.24. The van der Waals surface area contributed by atoms with E-state index in [1.54, 1.807) is 0 Å². The Morgan fingerprint density at radius 3 is 2.32 bits per heavy atom. The SMILES string of the molecule is COc1nc2ccccc2nc1C(=O)NCc1ccccc1. The summed E-state index contributed by atoms with van der Waals surface area (Å²) >= 11 is 0. The van der Waals surface area contributed by atoms with Crippen molar-refractivity contribution in [1.29, 1.82) is 0 Å².